The van der Waals surface area contributed by atoms with E-state index >= 15 is 0 Å². The number of rotatable bonds is 3. The Morgan fingerprint density at radius 1 is 1.03 bits per heavy atom. The fourth-order valence-corrected chi connectivity index (χ4v) is 3.49. The van der Waals surface area contributed by atoms with Gasteiger partial charge >= 0.3 is 6.18 Å². The van der Waals surface area contributed by atoms with Gasteiger partial charge in [0.15, 0.2) is 0 Å². The molecule has 1 saturated heterocycles. The second kappa shape index (κ2) is 10.0. The summed E-state index contributed by atoms with van der Waals surface area (Å²) < 4.78 is 39.3. The van der Waals surface area contributed by atoms with Gasteiger partial charge in [0.05, 0.1) is 18.0 Å². The molecule has 7 nitrogen and oxygen atoms in total. The SMILES string of the molecule is FC(F)(F)c1cnc(NC2CCNCC2)nc1-c1cn[nH]c1.OC1CCCCC1. The van der Waals surface area contributed by atoms with Gasteiger partial charge in [-0.15, -0.1) is 0 Å². The van der Waals surface area contributed by atoms with Gasteiger partial charge in [-0.05, 0) is 38.8 Å². The zero-order chi connectivity index (χ0) is 20.7. The highest BCUT2D eigenvalue weighted by atomic mass is 19.4. The van der Waals surface area contributed by atoms with E-state index in [-0.39, 0.29) is 29.4 Å². The summed E-state index contributed by atoms with van der Waals surface area (Å²) in [5.41, 5.74) is -0.763. The minimum atomic E-state index is -4.51. The number of halogens is 3. The van der Waals surface area contributed by atoms with Crippen LogP contribution in [0.1, 0.15) is 50.5 Å². The Bertz CT molecular complexity index is 741. The molecule has 0 bridgehead atoms. The van der Waals surface area contributed by atoms with Crippen LogP contribution >= 0.6 is 0 Å². The number of piperidine rings is 1. The van der Waals surface area contributed by atoms with E-state index in [1.54, 1.807) is 0 Å². The summed E-state index contributed by atoms with van der Waals surface area (Å²) in [6.45, 7) is 1.74. The van der Waals surface area contributed by atoms with Crippen LogP contribution < -0.4 is 10.6 Å². The fraction of sp³-hybridized carbons (Fsp3) is 0.632. The average molecular weight is 412 g/mol. The number of aromatic nitrogens is 4. The Morgan fingerprint density at radius 3 is 2.31 bits per heavy atom. The number of hydrogen-bond acceptors (Lipinski definition) is 6. The first-order valence-corrected chi connectivity index (χ1v) is 10.0. The maximum atomic E-state index is 13.1. The Morgan fingerprint density at radius 2 is 1.76 bits per heavy atom. The van der Waals surface area contributed by atoms with Gasteiger partial charge in [0.2, 0.25) is 5.95 Å². The lowest BCUT2D eigenvalue weighted by atomic mass is 9.98. The van der Waals surface area contributed by atoms with Crippen molar-refractivity contribution in [2.75, 3.05) is 18.4 Å². The van der Waals surface area contributed by atoms with Gasteiger partial charge in [0.1, 0.15) is 5.56 Å². The minimum Gasteiger partial charge on any atom is -0.393 e. The van der Waals surface area contributed by atoms with Crippen molar-refractivity contribution in [2.45, 2.75) is 63.3 Å². The normalized spacial score (nSPS) is 18.8. The molecule has 4 N–H and O–H groups in total. The molecule has 0 aromatic carbocycles. The monoisotopic (exact) mass is 412 g/mol. The molecule has 1 aliphatic carbocycles. The highest BCUT2D eigenvalue weighted by Crippen LogP contribution is 2.35. The third-order valence-electron chi connectivity index (χ3n) is 5.11. The summed E-state index contributed by atoms with van der Waals surface area (Å²) in [4.78, 5) is 7.87. The second-order valence-electron chi connectivity index (χ2n) is 7.40. The summed E-state index contributed by atoms with van der Waals surface area (Å²) in [7, 11) is 0. The molecule has 10 heteroatoms. The third kappa shape index (κ3) is 6.40. The van der Waals surface area contributed by atoms with Crippen molar-refractivity contribution in [3.05, 3.63) is 24.2 Å². The van der Waals surface area contributed by atoms with Crippen molar-refractivity contribution in [1.29, 1.82) is 0 Å². The van der Waals surface area contributed by atoms with Gasteiger partial charge in [0.25, 0.3) is 0 Å². The van der Waals surface area contributed by atoms with Crippen molar-refractivity contribution in [3.63, 3.8) is 0 Å². The van der Waals surface area contributed by atoms with Gasteiger partial charge in [-0.3, -0.25) is 5.10 Å². The summed E-state index contributed by atoms with van der Waals surface area (Å²) >= 11 is 0. The predicted molar refractivity (Wildman–Crippen MR) is 103 cm³/mol. The van der Waals surface area contributed by atoms with Crippen LogP contribution in [0.2, 0.25) is 0 Å². The topological polar surface area (TPSA) is 98.8 Å². The Hall–Kier alpha value is -2.20. The first kappa shape index (κ1) is 21.5. The lowest BCUT2D eigenvalue weighted by Gasteiger charge is -2.24. The molecule has 29 heavy (non-hydrogen) atoms. The van der Waals surface area contributed by atoms with Crippen LogP contribution in [0.3, 0.4) is 0 Å². The maximum Gasteiger partial charge on any atom is 0.419 e. The smallest absolute Gasteiger partial charge is 0.393 e. The molecular weight excluding hydrogens is 385 g/mol. The van der Waals surface area contributed by atoms with Crippen molar-refractivity contribution < 1.29 is 18.3 Å². The quantitative estimate of drug-likeness (QED) is 0.617. The number of aliphatic hydroxyl groups is 1. The number of nitrogens with one attached hydrogen (secondary N) is 3. The molecule has 2 aliphatic rings. The molecule has 2 fully saturated rings. The molecule has 1 aliphatic heterocycles. The molecule has 0 unspecified atom stereocenters. The van der Waals surface area contributed by atoms with Crippen LogP contribution in [0.5, 0.6) is 0 Å². The highest BCUT2D eigenvalue weighted by molar-refractivity contribution is 5.63. The Labute approximate surface area is 167 Å². The largest absolute Gasteiger partial charge is 0.419 e. The number of aliphatic hydroxyl groups excluding tert-OH is 1. The van der Waals surface area contributed by atoms with E-state index in [0.717, 1.165) is 45.0 Å². The lowest BCUT2D eigenvalue weighted by Crippen LogP contribution is -2.35. The van der Waals surface area contributed by atoms with E-state index in [4.69, 9.17) is 5.11 Å². The van der Waals surface area contributed by atoms with Crippen molar-refractivity contribution >= 4 is 5.95 Å². The molecule has 0 spiro atoms. The van der Waals surface area contributed by atoms with E-state index in [1.807, 2.05) is 0 Å². The molecule has 2 aromatic rings. The molecular formula is C19H27F3N6O. The summed E-state index contributed by atoms with van der Waals surface area (Å²) in [5.74, 6) is 0.205. The standard InChI is InChI=1S/C13H15F3N6.C6H12O/c14-13(15,16)10-7-18-12(21-9-1-3-17-4-2-9)22-11(10)8-5-19-20-6-8;7-6-4-2-1-3-5-6/h5-7,9,17H,1-4H2,(H,19,20)(H,18,21,22);6-7H,1-5H2. The van der Waals surface area contributed by atoms with Crippen LogP contribution in [0, 0.1) is 0 Å². The molecule has 0 amide bonds. The number of nitrogens with zero attached hydrogens (tertiary/aromatic N) is 3. The minimum absolute atomic E-state index is 0.0359. The van der Waals surface area contributed by atoms with Crippen molar-refractivity contribution in [1.82, 2.24) is 25.5 Å². The summed E-state index contributed by atoms with van der Waals surface area (Å²) in [6.07, 6.45) is 6.68. The zero-order valence-corrected chi connectivity index (χ0v) is 16.2. The van der Waals surface area contributed by atoms with Gasteiger partial charge in [0, 0.05) is 24.0 Å². The maximum absolute atomic E-state index is 13.1. The van der Waals surface area contributed by atoms with Gasteiger partial charge < -0.3 is 15.7 Å². The first-order valence-electron chi connectivity index (χ1n) is 10.0. The van der Waals surface area contributed by atoms with E-state index in [1.165, 1.54) is 31.7 Å². The van der Waals surface area contributed by atoms with Crippen molar-refractivity contribution in [2.24, 2.45) is 0 Å². The Kier molecular flexibility index (Phi) is 7.43. The molecule has 3 heterocycles. The number of hydrogen-bond donors (Lipinski definition) is 4. The summed E-state index contributed by atoms with van der Waals surface area (Å²) in [6, 6.07) is 0.162. The van der Waals surface area contributed by atoms with Crippen LogP contribution in [-0.4, -0.2) is 50.5 Å². The van der Waals surface area contributed by atoms with Crippen molar-refractivity contribution in [3.8, 4) is 11.3 Å². The van der Waals surface area contributed by atoms with E-state index in [0.29, 0.717) is 0 Å². The lowest BCUT2D eigenvalue weighted by molar-refractivity contribution is -0.137. The molecule has 0 radical (unpaired) electrons. The van der Waals surface area contributed by atoms with Gasteiger partial charge in [-0.1, -0.05) is 19.3 Å². The van der Waals surface area contributed by atoms with Crippen LogP contribution in [0.15, 0.2) is 18.6 Å². The fourth-order valence-electron chi connectivity index (χ4n) is 3.49. The van der Waals surface area contributed by atoms with E-state index < -0.39 is 11.7 Å². The van der Waals surface area contributed by atoms with Gasteiger partial charge in [-0.2, -0.15) is 18.3 Å². The summed E-state index contributed by atoms with van der Waals surface area (Å²) in [5, 5.41) is 21.4. The van der Waals surface area contributed by atoms with E-state index in [2.05, 4.69) is 30.8 Å². The number of anilines is 1. The van der Waals surface area contributed by atoms with Gasteiger partial charge in [-0.25, -0.2) is 9.97 Å². The van der Waals surface area contributed by atoms with E-state index in [9.17, 15) is 13.2 Å². The van der Waals surface area contributed by atoms with Crippen LogP contribution in [0.4, 0.5) is 19.1 Å². The number of aromatic amines is 1. The average Bonchev–Trinajstić information content (AvgIpc) is 3.24. The zero-order valence-electron chi connectivity index (χ0n) is 16.2. The highest BCUT2D eigenvalue weighted by Gasteiger charge is 2.35. The first-order chi connectivity index (χ1) is 13.9. The Balaban J connectivity index is 0.000000290. The predicted octanol–water partition coefficient (Wildman–Crippen LogP) is 3.36. The third-order valence-corrected chi connectivity index (χ3v) is 5.11. The molecule has 2 aromatic heterocycles. The van der Waals surface area contributed by atoms with Crippen LogP contribution in [-0.2, 0) is 6.18 Å². The number of alkyl halides is 3. The number of H-pyrrole nitrogens is 1. The molecule has 1 saturated carbocycles. The molecule has 0 atom stereocenters. The van der Waals surface area contributed by atoms with Crippen LogP contribution in [0.25, 0.3) is 11.3 Å². The molecule has 4 rings (SSSR count). The second-order valence-corrected chi connectivity index (χ2v) is 7.40. The molecule has 160 valence electrons.